The lowest BCUT2D eigenvalue weighted by molar-refractivity contribution is -0.109. The average molecular weight is 213 g/mol. The van der Waals surface area contributed by atoms with Gasteiger partial charge in [-0.3, -0.25) is 0 Å². The first-order valence-corrected chi connectivity index (χ1v) is 5.32. The number of ether oxygens (including phenoxy) is 1. The molecule has 15 heavy (non-hydrogen) atoms. The highest BCUT2D eigenvalue weighted by molar-refractivity contribution is 5.70. The van der Waals surface area contributed by atoms with Gasteiger partial charge in [-0.15, -0.1) is 0 Å². The quantitative estimate of drug-likeness (QED) is 0.730. The van der Waals surface area contributed by atoms with E-state index >= 15 is 0 Å². The maximum absolute atomic E-state index is 11.5. The topological polar surface area (TPSA) is 55.4 Å². The van der Waals surface area contributed by atoms with Gasteiger partial charge >= 0.3 is 6.09 Å². The molecule has 0 aromatic heterocycles. The highest BCUT2D eigenvalue weighted by Gasteiger charge is 2.38. The van der Waals surface area contributed by atoms with Crippen molar-refractivity contribution >= 4 is 12.4 Å². The summed E-state index contributed by atoms with van der Waals surface area (Å²) in [5.74, 6) is 0. The molecule has 4 nitrogen and oxygen atoms in total. The lowest BCUT2D eigenvalue weighted by Gasteiger charge is -2.41. The van der Waals surface area contributed by atoms with E-state index in [9.17, 15) is 9.59 Å². The van der Waals surface area contributed by atoms with Crippen LogP contribution in [0.3, 0.4) is 0 Å². The zero-order valence-electron chi connectivity index (χ0n) is 9.63. The van der Waals surface area contributed by atoms with Crippen molar-refractivity contribution in [1.29, 1.82) is 0 Å². The maximum atomic E-state index is 11.5. The first kappa shape index (κ1) is 12.0. The predicted octanol–water partition coefficient (Wildman–Crippen LogP) is 2.02. The van der Waals surface area contributed by atoms with Crippen LogP contribution in [0.15, 0.2) is 0 Å². The number of rotatable bonds is 3. The predicted molar refractivity (Wildman–Crippen MR) is 56.6 cm³/mol. The van der Waals surface area contributed by atoms with Gasteiger partial charge in [-0.2, -0.15) is 0 Å². The third-order valence-electron chi connectivity index (χ3n) is 2.55. The van der Waals surface area contributed by atoms with E-state index in [0.29, 0.717) is 6.42 Å². The minimum Gasteiger partial charge on any atom is -0.444 e. The molecule has 0 aromatic rings. The van der Waals surface area contributed by atoms with Crippen LogP contribution in [0.25, 0.3) is 0 Å². The van der Waals surface area contributed by atoms with Crippen molar-refractivity contribution in [2.45, 2.75) is 57.6 Å². The molecule has 1 aliphatic carbocycles. The molecule has 4 heteroatoms. The van der Waals surface area contributed by atoms with Crippen molar-refractivity contribution < 1.29 is 14.3 Å². The summed E-state index contributed by atoms with van der Waals surface area (Å²) >= 11 is 0. The molecule has 86 valence electrons. The third-order valence-corrected chi connectivity index (χ3v) is 2.55. The summed E-state index contributed by atoms with van der Waals surface area (Å²) in [4.78, 5) is 22.0. The van der Waals surface area contributed by atoms with Crippen molar-refractivity contribution in [3.05, 3.63) is 0 Å². The molecule has 0 bridgehead atoms. The Hall–Kier alpha value is -1.06. The van der Waals surface area contributed by atoms with Crippen LogP contribution < -0.4 is 5.32 Å². The van der Waals surface area contributed by atoms with Crippen LogP contribution in [0.2, 0.25) is 0 Å². The molecule has 1 aliphatic rings. The number of carbonyl (C=O) groups excluding carboxylic acids is 2. The smallest absolute Gasteiger partial charge is 0.408 e. The van der Waals surface area contributed by atoms with Gasteiger partial charge in [-0.25, -0.2) is 4.79 Å². The van der Waals surface area contributed by atoms with E-state index < -0.39 is 11.7 Å². The van der Waals surface area contributed by atoms with E-state index in [1.807, 2.05) is 20.8 Å². The molecular formula is C11H19NO3. The number of aldehydes is 1. The van der Waals surface area contributed by atoms with Gasteiger partial charge in [-0.1, -0.05) is 0 Å². The number of nitrogens with one attached hydrogen (secondary N) is 1. The monoisotopic (exact) mass is 213 g/mol. The molecule has 1 amide bonds. The van der Waals surface area contributed by atoms with E-state index in [2.05, 4.69) is 5.32 Å². The largest absolute Gasteiger partial charge is 0.444 e. The van der Waals surface area contributed by atoms with Gasteiger partial charge in [-0.05, 0) is 40.0 Å². The van der Waals surface area contributed by atoms with Crippen LogP contribution in [0, 0.1) is 0 Å². The normalized spacial score (nSPS) is 18.9. The summed E-state index contributed by atoms with van der Waals surface area (Å²) in [6.07, 6.45) is 3.60. The Balaban J connectivity index is 2.45. The van der Waals surface area contributed by atoms with Crippen LogP contribution in [-0.4, -0.2) is 23.5 Å². The van der Waals surface area contributed by atoms with Crippen LogP contribution >= 0.6 is 0 Å². The molecule has 0 heterocycles. The second-order valence-electron chi connectivity index (χ2n) is 5.13. The molecule has 1 saturated carbocycles. The van der Waals surface area contributed by atoms with Crippen LogP contribution in [0.5, 0.6) is 0 Å². The number of hydrogen-bond donors (Lipinski definition) is 1. The van der Waals surface area contributed by atoms with Crippen molar-refractivity contribution in [3.8, 4) is 0 Å². The fraction of sp³-hybridized carbons (Fsp3) is 0.818. The summed E-state index contributed by atoms with van der Waals surface area (Å²) in [5.41, 5.74) is -0.819. The van der Waals surface area contributed by atoms with E-state index in [-0.39, 0.29) is 5.54 Å². The van der Waals surface area contributed by atoms with Crippen molar-refractivity contribution in [1.82, 2.24) is 5.32 Å². The van der Waals surface area contributed by atoms with Crippen LogP contribution in [0.1, 0.15) is 46.5 Å². The SMILES string of the molecule is CC(C)(C)OC(=O)NC1(CC=O)CCC1. The first-order chi connectivity index (χ1) is 6.87. The van der Waals surface area contributed by atoms with E-state index in [1.54, 1.807) is 0 Å². The van der Waals surface area contributed by atoms with Gasteiger partial charge < -0.3 is 14.8 Å². The summed E-state index contributed by atoms with van der Waals surface area (Å²) in [6.45, 7) is 5.46. The van der Waals surface area contributed by atoms with E-state index in [0.717, 1.165) is 25.5 Å². The molecule has 0 radical (unpaired) electrons. The minimum absolute atomic E-state index is 0.329. The molecule has 1 fully saturated rings. The van der Waals surface area contributed by atoms with Gasteiger partial charge in [0.2, 0.25) is 0 Å². The Kier molecular flexibility index (Phi) is 3.37. The van der Waals surface area contributed by atoms with Crippen molar-refractivity contribution in [2.24, 2.45) is 0 Å². The van der Waals surface area contributed by atoms with E-state index in [4.69, 9.17) is 4.74 Å². The fourth-order valence-electron chi connectivity index (χ4n) is 1.66. The first-order valence-electron chi connectivity index (χ1n) is 5.32. The molecule has 0 unspecified atom stereocenters. The summed E-state index contributed by atoms with van der Waals surface area (Å²) < 4.78 is 5.15. The second kappa shape index (κ2) is 4.21. The Morgan fingerprint density at radius 1 is 1.47 bits per heavy atom. The Bertz CT molecular complexity index is 251. The molecule has 0 spiro atoms. The van der Waals surface area contributed by atoms with Gasteiger partial charge in [0.25, 0.3) is 0 Å². The van der Waals surface area contributed by atoms with Gasteiger partial charge in [0.15, 0.2) is 0 Å². The molecule has 0 aliphatic heterocycles. The van der Waals surface area contributed by atoms with Gasteiger partial charge in [0.1, 0.15) is 11.9 Å². The minimum atomic E-state index is -0.490. The highest BCUT2D eigenvalue weighted by Crippen LogP contribution is 2.34. The number of alkyl carbamates (subject to hydrolysis) is 1. The molecule has 1 rings (SSSR count). The standard InChI is InChI=1S/C11H19NO3/c1-10(2,3)15-9(14)12-11(7-8-13)5-4-6-11/h8H,4-7H2,1-3H3,(H,12,14). The lowest BCUT2D eigenvalue weighted by atomic mass is 9.75. The van der Waals surface area contributed by atoms with Crippen LogP contribution in [0.4, 0.5) is 4.79 Å². The zero-order chi connectivity index (χ0) is 11.5. The second-order valence-corrected chi connectivity index (χ2v) is 5.13. The fourth-order valence-corrected chi connectivity index (χ4v) is 1.66. The van der Waals surface area contributed by atoms with E-state index in [1.165, 1.54) is 0 Å². The summed E-state index contributed by atoms with van der Waals surface area (Å²) in [6, 6.07) is 0. The number of hydrogen-bond acceptors (Lipinski definition) is 3. The lowest BCUT2D eigenvalue weighted by Crippen LogP contribution is -2.54. The average Bonchev–Trinajstić information content (AvgIpc) is 1.96. The molecule has 0 saturated heterocycles. The maximum Gasteiger partial charge on any atom is 0.408 e. The molecular weight excluding hydrogens is 194 g/mol. The Morgan fingerprint density at radius 2 is 2.07 bits per heavy atom. The third kappa shape index (κ3) is 3.53. The number of carbonyl (C=O) groups is 2. The summed E-state index contributed by atoms with van der Waals surface area (Å²) in [5, 5.41) is 2.79. The molecule has 0 atom stereocenters. The van der Waals surface area contributed by atoms with Crippen LogP contribution in [-0.2, 0) is 9.53 Å². The number of amides is 1. The Morgan fingerprint density at radius 3 is 2.40 bits per heavy atom. The zero-order valence-corrected chi connectivity index (χ0v) is 9.63. The molecule has 0 aromatic carbocycles. The highest BCUT2D eigenvalue weighted by atomic mass is 16.6. The van der Waals surface area contributed by atoms with Crippen molar-refractivity contribution in [2.75, 3.05) is 0 Å². The molecule has 1 N–H and O–H groups in total. The van der Waals surface area contributed by atoms with Gasteiger partial charge in [0, 0.05) is 12.0 Å². The van der Waals surface area contributed by atoms with Gasteiger partial charge in [0.05, 0.1) is 0 Å². The summed E-state index contributed by atoms with van der Waals surface area (Å²) in [7, 11) is 0. The van der Waals surface area contributed by atoms with Crippen molar-refractivity contribution in [3.63, 3.8) is 0 Å². The Labute approximate surface area is 90.4 Å².